The number of methoxy groups -OCH3 is 1. The van der Waals surface area contributed by atoms with Gasteiger partial charge in [0, 0.05) is 7.11 Å². The molecular formula is C5H10N2O2. The Balaban J connectivity index is 3.07. The molecule has 4 nitrogen and oxygen atoms in total. The normalized spacial score (nSPS) is 12.1. The molecule has 0 bridgehead atoms. The molecule has 52 valence electrons. The second-order valence-electron chi connectivity index (χ2n) is 1.60. The van der Waals surface area contributed by atoms with Crippen molar-refractivity contribution >= 4 is 0 Å². The van der Waals surface area contributed by atoms with Gasteiger partial charge >= 0.3 is 0 Å². The summed E-state index contributed by atoms with van der Waals surface area (Å²) < 4.78 is 4.60. The zero-order valence-electron chi connectivity index (χ0n) is 5.29. The van der Waals surface area contributed by atoms with E-state index < -0.39 is 6.10 Å². The van der Waals surface area contributed by atoms with Gasteiger partial charge in [0.2, 0.25) is 0 Å². The van der Waals surface area contributed by atoms with Crippen molar-refractivity contribution in [1.82, 2.24) is 5.32 Å². The van der Waals surface area contributed by atoms with Crippen molar-refractivity contribution in [3.63, 3.8) is 0 Å². The van der Waals surface area contributed by atoms with Crippen molar-refractivity contribution in [3.8, 4) is 6.19 Å². The molecule has 1 unspecified atom stereocenters. The van der Waals surface area contributed by atoms with Crippen LogP contribution in [0.25, 0.3) is 0 Å². The van der Waals surface area contributed by atoms with E-state index in [-0.39, 0.29) is 13.2 Å². The van der Waals surface area contributed by atoms with Crippen molar-refractivity contribution in [2.24, 2.45) is 0 Å². The van der Waals surface area contributed by atoms with Gasteiger partial charge in [0.25, 0.3) is 0 Å². The largest absolute Gasteiger partial charge is 0.389 e. The number of hydrogen-bond donors (Lipinski definition) is 2. The summed E-state index contributed by atoms with van der Waals surface area (Å²) in [5, 5.41) is 19.1. The third-order valence-electron chi connectivity index (χ3n) is 0.776. The summed E-state index contributed by atoms with van der Waals surface area (Å²) in [6.07, 6.45) is 1.10. The first-order valence-corrected chi connectivity index (χ1v) is 2.60. The molecule has 0 aromatic rings. The second kappa shape index (κ2) is 5.35. The lowest BCUT2D eigenvalue weighted by Gasteiger charge is -2.05. The van der Waals surface area contributed by atoms with Crippen molar-refractivity contribution in [2.45, 2.75) is 6.10 Å². The summed E-state index contributed by atoms with van der Waals surface area (Å²) >= 11 is 0. The fourth-order valence-electron chi connectivity index (χ4n) is 0.415. The third kappa shape index (κ3) is 5.07. The minimum Gasteiger partial charge on any atom is -0.389 e. The molecule has 0 aliphatic carbocycles. The molecule has 2 N–H and O–H groups in total. The monoisotopic (exact) mass is 130 g/mol. The van der Waals surface area contributed by atoms with Gasteiger partial charge in [0.1, 0.15) is 0 Å². The maximum Gasteiger partial charge on any atom is 0.176 e. The fourth-order valence-corrected chi connectivity index (χ4v) is 0.415. The van der Waals surface area contributed by atoms with E-state index in [0.29, 0.717) is 0 Å². The molecule has 0 saturated heterocycles. The first kappa shape index (κ1) is 8.21. The Morgan fingerprint density at radius 1 is 1.89 bits per heavy atom. The highest BCUT2D eigenvalue weighted by molar-refractivity contribution is 4.68. The van der Waals surface area contributed by atoms with E-state index in [1.54, 1.807) is 6.19 Å². The quantitative estimate of drug-likeness (QED) is 0.381. The molecule has 0 fully saturated rings. The summed E-state index contributed by atoms with van der Waals surface area (Å²) in [5.41, 5.74) is 0. The molecule has 9 heavy (non-hydrogen) atoms. The SMILES string of the molecule is COCC(O)CNC#N. The highest BCUT2D eigenvalue weighted by Gasteiger charge is 1.99. The van der Waals surface area contributed by atoms with Gasteiger partial charge in [0.05, 0.1) is 19.3 Å². The molecule has 0 heterocycles. The van der Waals surface area contributed by atoms with Gasteiger partial charge in [-0.15, -0.1) is 0 Å². The van der Waals surface area contributed by atoms with Crippen LogP contribution in [0.1, 0.15) is 0 Å². The van der Waals surface area contributed by atoms with Gasteiger partial charge < -0.3 is 15.2 Å². The maximum absolute atomic E-state index is 8.84. The van der Waals surface area contributed by atoms with Crippen LogP contribution in [0.5, 0.6) is 0 Å². The van der Waals surface area contributed by atoms with Crippen molar-refractivity contribution in [2.75, 3.05) is 20.3 Å². The topological polar surface area (TPSA) is 65.3 Å². The lowest BCUT2D eigenvalue weighted by molar-refractivity contribution is 0.0670. The predicted octanol–water partition coefficient (Wildman–Crippen LogP) is -0.936. The highest BCUT2D eigenvalue weighted by atomic mass is 16.5. The Morgan fingerprint density at radius 3 is 3.00 bits per heavy atom. The number of nitriles is 1. The first-order valence-electron chi connectivity index (χ1n) is 2.60. The molecule has 0 aromatic carbocycles. The molecule has 0 aromatic heterocycles. The van der Waals surface area contributed by atoms with Crippen LogP contribution in [0, 0.1) is 11.5 Å². The van der Waals surface area contributed by atoms with E-state index in [9.17, 15) is 0 Å². The van der Waals surface area contributed by atoms with E-state index in [4.69, 9.17) is 10.4 Å². The van der Waals surface area contributed by atoms with E-state index in [2.05, 4.69) is 10.1 Å². The summed E-state index contributed by atoms with van der Waals surface area (Å²) in [6.45, 7) is 0.513. The summed E-state index contributed by atoms with van der Waals surface area (Å²) in [5.74, 6) is 0. The lowest BCUT2D eigenvalue weighted by atomic mass is 10.4. The minimum absolute atomic E-state index is 0.254. The van der Waals surface area contributed by atoms with Crippen LogP contribution in [-0.2, 0) is 4.74 Å². The number of nitrogens with zero attached hydrogens (tertiary/aromatic N) is 1. The van der Waals surface area contributed by atoms with E-state index in [0.717, 1.165) is 0 Å². The zero-order valence-corrected chi connectivity index (χ0v) is 5.29. The Bertz CT molecular complexity index is 99.6. The first-order chi connectivity index (χ1) is 4.31. The molecule has 0 saturated carbocycles. The van der Waals surface area contributed by atoms with Crippen LogP contribution in [0.2, 0.25) is 0 Å². The second-order valence-corrected chi connectivity index (χ2v) is 1.60. The number of aliphatic hydroxyl groups is 1. The third-order valence-corrected chi connectivity index (χ3v) is 0.776. The maximum atomic E-state index is 8.84. The van der Waals surface area contributed by atoms with Gasteiger partial charge in [-0.05, 0) is 0 Å². The van der Waals surface area contributed by atoms with Gasteiger partial charge in [-0.3, -0.25) is 0 Å². The Kier molecular flexibility index (Phi) is 4.88. The fraction of sp³-hybridized carbons (Fsp3) is 0.800. The lowest BCUT2D eigenvalue weighted by Crippen LogP contribution is -2.26. The Labute approximate surface area is 54.0 Å². The number of nitrogens with one attached hydrogen (secondary N) is 1. The van der Waals surface area contributed by atoms with Crippen LogP contribution in [0.15, 0.2) is 0 Å². The summed E-state index contributed by atoms with van der Waals surface area (Å²) in [7, 11) is 1.50. The standard InChI is InChI=1S/C5H10N2O2/c1-9-3-5(8)2-7-4-6/h5,7-8H,2-3H2,1H3. The Hall–Kier alpha value is -0.790. The van der Waals surface area contributed by atoms with E-state index in [1.807, 2.05) is 0 Å². The Morgan fingerprint density at radius 2 is 2.56 bits per heavy atom. The minimum atomic E-state index is -0.588. The van der Waals surface area contributed by atoms with Crippen molar-refractivity contribution in [3.05, 3.63) is 0 Å². The molecule has 0 spiro atoms. The number of hydrogen-bond acceptors (Lipinski definition) is 4. The molecule has 0 aliphatic heterocycles. The average molecular weight is 130 g/mol. The van der Waals surface area contributed by atoms with E-state index >= 15 is 0 Å². The van der Waals surface area contributed by atoms with Gasteiger partial charge in [-0.1, -0.05) is 0 Å². The molecule has 0 radical (unpaired) electrons. The number of rotatable bonds is 4. The molecule has 0 aliphatic rings. The average Bonchev–Trinajstić information content (AvgIpc) is 1.85. The summed E-state index contributed by atoms with van der Waals surface area (Å²) in [6, 6.07) is 0. The van der Waals surface area contributed by atoms with Crippen LogP contribution >= 0.6 is 0 Å². The van der Waals surface area contributed by atoms with E-state index in [1.165, 1.54) is 7.11 Å². The molecular weight excluding hydrogens is 120 g/mol. The molecule has 1 atom stereocenters. The zero-order chi connectivity index (χ0) is 7.11. The van der Waals surface area contributed by atoms with Gasteiger partial charge in [0.15, 0.2) is 6.19 Å². The van der Waals surface area contributed by atoms with Gasteiger partial charge in [-0.2, -0.15) is 5.26 Å². The van der Waals surface area contributed by atoms with Crippen LogP contribution < -0.4 is 5.32 Å². The predicted molar refractivity (Wildman–Crippen MR) is 31.5 cm³/mol. The molecule has 4 heteroatoms. The van der Waals surface area contributed by atoms with Crippen LogP contribution in [0.4, 0.5) is 0 Å². The van der Waals surface area contributed by atoms with Crippen molar-refractivity contribution < 1.29 is 9.84 Å². The van der Waals surface area contributed by atoms with Crippen LogP contribution in [0.3, 0.4) is 0 Å². The molecule has 0 amide bonds. The van der Waals surface area contributed by atoms with Gasteiger partial charge in [-0.25, -0.2) is 0 Å². The number of ether oxygens (including phenoxy) is 1. The van der Waals surface area contributed by atoms with Crippen molar-refractivity contribution in [1.29, 1.82) is 5.26 Å². The highest BCUT2D eigenvalue weighted by Crippen LogP contribution is 1.78. The number of aliphatic hydroxyl groups excluding tert-OH is 1. The smallest absolute Gasteiger partial charge is 0.176 e. The summed E-state index contributed by atoms with van der Waals surface area (Å²) in [4.78, 5) is 0. The molecule has 0 rings (SSSR count). The van der Waals surface area contributed by atoms with Crippen LogP contribution in [-0.4, -0.2) is 31.5 Å².